The first-order chi connectivity index (χ1) is 13.8. The zero-order chi connectivity index (χ0) is 20.9. The van der Waals surface area contributed by atoms with Gasteiger partial charge in [0.1, 0.15) is 0 Å². The average molecular weight is 520 g/mol. The Bertz CT molecular complexity index is 1080. The first kappa shape index (κ1) is 21.3. The van der Waals surface area contributed by atoms with E-state index in [1.54, 1.807) is 36.4 Å². The molecule has 2 N–H and O–H groups in total. The van der Waals surface area contributed by atoms with E-state index >= 15 is 0 Å². The van der Waals surface area contributed by atoms with Gasteiger partial charge < -0.3 is 5.32 Å². The van der Waals surface area contributed by atoms with Crippen molar-refractivity contribution in [2.45, 2.75) is 24.7 Å². The van der Waals surface area contributed by atoms with Crippen molar-refractivity contribution in [3.8, 4) is 0 Å². The van der Waals surface area contributed by atoms with Crippen LogP contribution in [0.15, 0.2) is 77.7 Å². The third kappa shape index (κ3) is 6.30. The monoisotopic (exact) mass is 520 g/mol. The Balaban J connectivity index is 1.57. The minimum absolute atomic E-state index is 0.0797. The van der Waals surface area contributed by atoms with Crippen LogP contribution in [0, 0.1) is 10.5 Å². The van der Waals surface area contributed by atoms with E-state index in [1.807, 2.05) is 43.3 Å². The molecule has 3 aromatic rings. The lowest BCUT2D eigenvalue weighted by Crippen LogP contribution is -2.13. The molecule has 1 amide bonds. The van der Waals surface area contributed by atoms with Crippen molar-refractivity contribution in [2.24, 2.45) is 0 Å². The fourth-order valence-electron chi connectivity index (χ4n) is 2.69. The predicted octanol–water partition coefficient (Wildman–Crippen LogP) is 4.97. The molecule has 0 saturated carbocycles. The Morgan fingerprint density at radius 3 is 2.07 bits per heavy atom. The molecule has 0 unspecified atom stereocenters. The largest absolute Gasteiger partial charge is 0.326 e. The smallest absolute Gasteiger partial charge is 0.261 e. The molecule has 29 heavy (non-hydrogen) atoms. The molecule has 0 aliphatic rings. The van der Waals surface area contributed by atoms with E-state index in [0.717, 1.165) is 20.4 Å². The van der Waals surface area contributed by atoms with Crippen LogP contribution in [0.5, 0.6) is 0 Å². The Hall–Kier alpha value is -2.39. The Morgan fingerprint density at radius 1 is 0.862 bits per heavy atom. The number of nitrogens with one attached hydrogen (secondary N) is 2. The van der Waals surface area contributed by atoms with E-state index in [4.69, 9.17) is 0 Å². The summed E-state index contributed by atoms with van der Waals surface area (Å²) in [5, 5.41) is 2.86. The van der Waals surface area contributed by atoms with Gasteiger partial charge in [0.05, 0.1) is 4.90 Å². The lowest BCUT2D eigenvalue weighted by molar-refractivity contribution is -0.116. The maximum absolute atomic E-state index is 12.5. The molecule has 0 heterocycles. The molecule has 150 valence electrons. The second kappa shape index (κ2) is 9.41. The SMILES string of the molecule is Cc1ccc(NS(=O)(=O)c2ccc(CCC(=O)Nc3ccc(I)cc3)cc2)cc1. The van der Waals surface area contributed by atoms with Crippen LogP contribution in [0.3, 0.4) is 0 Å². The van der Waals surface area contributed by atoms with Crippen molar-refractivity contribution in [2.75, 3.05) is 10.0 Å². The van der Waals surface area contributed by atoms with Gasteiger partial charge in [0, 0.05) is 21.4 Å². The Kier molecular flexibility index (Phi) is 6.92. The van der Waals surface area contributed by atoms with Gasteiger partial charge in [-0.3, -0.25) is 9.52 Å². The van der Waals surface area contributed by atoms with Crippen LogP contribution >= 0.6 is 22.6 Å². The summed E-state index contributed by atoms with van der Waals surface area (Å²) in [7, 11) is -3.65. The summed E-state index contributed by atoms with van der Waals surface area (Å²) in [6, 6.07) is 21.3. The van der Waals surface area contributed by atoms with Gasteiger partial charge in [-0.2, -0.15) is 0 Å². The number of carbonyl (C=O) groups excluding carboxylic acids is 1. The van der Waals surface area contributed by atoms with Crippen LogP contribution in [0.4, 0.5) is 11.4 Å². The molecule has 0 aliphatic carbocycles. The molecule has 0 bridgehead atoms. The second-order valence-corrected chi connectivity index (χ2v) is 9.60. The highest BCUT2D eigenvalue weighted by Crippen LogP contribution is 2.18. The van der Waals surface area contributed by atoms with Crippen LogP contribution in [0.25, 0.3) is 0 Å². The highest BCUT2D eigenvalue weighted by molar-refractivity contribution is 14.1. The minimum atomic E-state index is -3.65. The van der Waals surface area contributed by atoms with Crippen molar-refractivity contribution in [3.05, 3.63) is 87.5 Å². The molecule has 7 heteroatoms. The number of halogens is 1. The van der Waals surface area contributed by atoms with E-state index in [9.17, 15) is 13.2 Å². The van der Waals surface area contributed by atoms with E-state index < -0.39 is 10.0 Å². The quantitative estimate of drug-likeness (QED) is 0.432. The van der Waals surface area contributed by atoms with Gasteiger partial charge in [-0.05, 0) is 90.0 Å². The van der Waals surface area contributed by atoms with Crippen molar-refractivity contribution >= 4 is 49.9 Å². The molecule has 0 aromatic heterocycles. The van der Waals surface area contributed by atoms with Crippen molar-refractivity contribution in [3.63, 3.8) is 0 Å². The number of anilines is 2. The number of hydrogen-bond donors (Lipinski definition) is 2. The summed E-state index contributed by atoms with van der Waals surface area (Å²) in [5.74, 6) is -0.0797. The van der Waals surface area contributed by atoms with Gasteiger partial charge in [-0.25, -0.2) is 8.42 Å². The minimum Gasteiger partial charge on any atom is -0.326 e. The zero-order valence-corrected chi connectivity index (χ0v) is 18.8. The van der Waals surface area contributed by atoms with Gasteiger partial charge >= 0.3 is 0 Å². The highest BCUT2D eigenvalue weighted by Gasteiger charge is 2.14. The number of amides is 1. The lowest BCUT2D eigenvalue weighted by Gasteiger charge is -2.09. The van der Waals surface area contributed by atoms with E-state index in [-0.39, 0.29) is 10.8 Å². The van der Waals surface area contributed by atoms with E-state index in [0.29, 0.717) is 18.5 Å². The van der Waals surface area contributed by atoms with Crippen LogP contribution < -0.4 is 10.0 Å². The third-order valence-electron chi connectivity index (χ3n) is 4.31. The van der Waals surface area contributed by atoms with Crippen molar-refractivity contribution in [1.29, 1.82) is 0 Å². The van der Waals surface area contributed by atoms with Gasteiger partial charge in [0.2, 0.25) is 5.91 Å². The predicted molar refractivity (Wildman–Crippen MR) is 125 cm³/mol. The summed E-state index contributed by atoms with van der Waals surface area (Å²) >= 11 is 2.21. The Morgan fingerprint density at radius 2 is 1.45 bits per heavy atom. The summed E-state index contributed by atoms with van der Waals surface area (Å²) in [5.41, 5.74) is 3.24. The van der Waals surface area contributed by atoms with Gasteiger partial charge in [0.25, 0.3) is 10.0 Å². The molecular formula is C22H21IN2O3S. The molecule has 3 aromatic carbocycles. The number of sulfonamides is 1. The summed E-state index contributed by atoms with van der Waals surface area (Å²) in [4.78, 5) is 12.3. The molecule has 0 aliphatic heterocycles. The first-order valence-electron chi connectivity index (χ1n) is 9.06. The topological polar surface area (TPSA) is 75.3 Å². The standard InChI is InChI=1S/C22H21IN2O3S/c1-16-2-9-20(10-3-16)25-29(27,28)21-13-4-17(5-14-21)6-15-22(26)24-19-11-7-18(23)8-12-19/h2-5,7-14,25H,6,15H2,1H3,(H,24,26). The maximum atomic E-state index is 12.5. The van der Waals surface area contributed by atoms with Gasteiger partial charge in [-0.1, -0.05) is 29.8 Å². The van der Waals surface area contributed by atoms with Crippen LogP contribution in [-0.2, 0) is 21.2 Å². The zero-order valence-electron chi connectivity index (χ0n) is 15.9. The average Bonchev–Trinajstić information content (AvgIpc) is 2.70. The number of rotatable bonds is 7. The number of hydrogen-bond acceptors (Lipinski definition) is 3. The third-order valence-corrected chi connectivity index (χ3v) is 6.42. The second-order valence-electron chi connectivity index (χ2n) is 6.67. The maximum Gasteiger partial charge on any atom is 0.261 e. The summed E-state index contributed by atoms with van der Waals surface area (Å²) in [6.07, 6.45) is 0.849. The lowest BCUT2D eigenvalue weighted by atomic mass is 10.1. The van der Waals surface area contributed by atoms with E-state index in [2.05, 4.69) is 32.6 Å². The fraction of sp³-hybridized carbons (Fsp3) is 0.136. The first-order valence-corrected chi connectivity index (χ1v) is 11.6. The number of carbonyl (C=O) groups is 1. The highest BCUT2D eigenvalue weighted by atomic mass is 127. The molecule has 5 nitrogen and oxygen atoms in total. The van der Waals surface area contributed by atoms with E-state index in [1.165, 1.54) is 0 Å². The molecular weight excluding hydrogens is 499 g/mol. The van der Waals surface area contributed by atoms with Crippen LogP contribution in [0.2, 0.25) is 0 Å². The Labute approximate surface area is 184 Å². The van der Waals surface area contributed by atoms with Crippen molar-refractivity contribution in [1.82, 2.24) is 0 Å². The van der Waals surface area contributed by atoms with Crippen LogP contribution in [0.1, 0.15) is 17.5 Å². The number of aryl methyl sites for hydroxylation is 2. The van der Waals surface area contributed by atoms with Gasteiger partial charge in [-0.15, -0.1) is 0 Å². The molecule has 0 atom stereocenters. The van der Waals surface area contributed by atoms with Crippen LogP contribution in [-0.4, -0.2) is 14.3 Å². The number of benzene rings is 3. The summed E-state index contributed by atoms with van der Waals surface area (Å²) in [6.45, 7) is 1.94. The molecule has 0 radical (unpaired) electrons. The summed E-state index contributed by atoms with van der Waals surface area (Å²) < 4.78 is 28.7. The van der Waals surface area contributed by atoms with Crippen molar-refractivity contribution < 1.29 is 13.2 Å². The normalized spacial score (nSPS) is 11.1. The molecule has 0 spiro atoms. The molecule has 0 saturated heterocycles. The molecule has 3 rings (SSSR count). The molecule has 0 fully saturated rings. The van der Waals surface area contributed by atoms with Gasteiger partial charge in [0.15, 0.2) is 0 Å². The fourth-order valence-corrected chi connectivity index (χ4v) is 4.10.